The summed E-state index contributed by atoms with van der Waals surface area (Å²) in [6.45, 7) is 1.26. The van der Waals surface area contributed by atoms with E-state index in [0.29, 0.717) is 12.8 Å². The first kappa shape index (κ1) is 34.6. The number of alkyl halides is 5. The van der Waals surface area contributed by atoms with Crippen LogP contribution in [0.2, 0.25) is 5.02 Å². The van der Waals surface area contributed by atoms with Crippen LogP contribution in [0, 0.1) is 11.8 Å². The van der Waals surface area contributed by atoms with Gasteiger partial charge in [-0.05, 0) is 56.2 Å². The maximum absolute atomic E-state index is 13.2. The predicted molar refractivity (Wildman–Crippen MR) is 139 cm³/mol. The van der Waals surface area contributed by atoms with Crippen molar-refractivity contribution in [1.82, 2.24) is 15.1 Å². The number of rotatable bonds is 9. The van der Waals surface area contributed by atoms with Crippen LogP contribution in [0.4, 0.5) is 22.0 Å². The van der Waals surface area contributed by atoms with E-state index in [9.17, 15) is 37.0 Å². The van der Waals surface area contributed by atoms with Gasteiger partial charge in [-0.3, -0.25) is 9.48 Å². The third-order valence-corrected chi connectivity index (χ3v) is 7.26. The highest BCUT2D eigenvalue weighted by atomic mass is 35.5. The van der Waals surface area contributed by atoms with E-state index in [0.717, 1.165) is 13.0 Å². The maximum Gasteiger partial charge on any atom is 0.391 e. The summed E-state index contributed by atoms with van der Waals surface area (Å²) in [5.41, 5.74) is -1.56. The van der Waals surface area contributed by atoms with E-state index < -0.39 is 60.1 Å². The lowest BCUT2D eigenvalue weighted by molar-refractivity contribution is -0.169. The fourth-order valence-electron chi connectivity index (χ4n) is 4.53. The first-order chi connectivity index (χ1) is 19.1. The third kappa shape index (κ3) is 8.93. The number of ether oxygens (including phenoxy) is 1. The van der Waals surface area contributed by atoms with Crippen molar-refractivity contribution in [3.8, 4) is 17.0 Å². The minimum atomic E-state index is -4.46. The number of hydrogen-bond donors (Lipinski definition) is 3. The number of carbonyl (C=O) groups excluding carboxylic acids is 1. The number of carbonyl (C=O) groups is 1. The van der Waals surface area contributed by atoms with Crippen LogP contribution in [0.15, 0.2) is 18.2 Å². The summed E-state index contributed by atoms with van der Waals surface area (Å²) in [4.78, 5) is 12.9. The minimum absolute atomic E-state index is 0.0161. The van der Waals surface area contributed by atoms with Crippen molar-refractivity contribution in [2.45, 2.75) is 77.5 Å². The lowest BCUT2D eigenvalue weighted by Gasteiger charge is -2.39. The van der Waals surface area contributed by atoms with Gasteiger partial charge in [0.15, 0.2) is 5.69 Å². The van der Waals surface area contributed by atoms with Gasteiger partial charge in [0.25, 0.3) is 5.91 Å². The van der Waals surface area contributed by atoms with E-state index in [1.807, 2.05) is 6.92 Å². The second-order valence-corrected chi connectivity index (χ2v) is 10.4. The van der Waals surface area contributed by atoms with Crippen LogP contribution >= 0.6 is 11.6 Å². The van der Waals surface area contributed by atoms with Crippen molar-refractivity contribution in [2.24, 2.45) is 11.8 Å². The summed E-state index contributed by atoms with van der Waals surface area (Å²) in [7, 11) is 0. The SMILES string of the molecule is CCn1nc(C(=O)NC[C@]2(O)CC[C@@H](C)C[C@H]2O)c(Cl)c1-c1ccc(C[C@H](C)C(F)(F)F)cc1OC(F)F.O=S=O. The number of aryl methyl sites for hydroxylation is 1. The smallest absolute Gasteiger partial charge is 0.391 e. The monoisotopic (exact) mass is 631 g/mol. The maximum atomic E-state index is 13.2. The molecule has 4 atom stereocenters. The first-order valence-electron chi connectivity index (χ1n) is 12.6. The largest absolute Gasteiger partial charge is 0.434 e. The Morgan fingerprint density at radius 2 is 1.98 bits per heavy atom. The van der Waals surface area contributed by atoms with Gasteiger partial charge in [-0.1, -0.05) is 31.5 Å². The van der Waals surface area contributed by atoms with Crippen LogP contribution < -0.4 is 10.1 Å². The highest BCUT2D eigenvalue weighted by Crippen LogP contribution is 2.39. The fraction of sp³-hybridized carbons (Fsp3) is 0.600. The molecule has 0 saturated heterocycles. The van der Waals surface area contributed by atoms with Crippen LogP contribution in [0.3, 0.4) is 0 Å². The van der Waals surface area contributed by atoms with Gasteiger partial charge in [-0.25, -0.2) is 0 Å². The van der Waals surface area contributed by atoms with Gasteiger partial charge < -0.3 is 20.3 Å². The number of aromatic nitrogens is 2. The zero-order valence-electron chi connectivity index (χ0n) is 22.4. The molecule has 3 rings (SSSR count). The molecule has 230 valence electrons. The number of aliphatic hydroxyl groups excluding tert-OH is 1. The molecule has 1 heterocycles. The van der Waals surface area contributed by atoms with E-state index in [1.165, 1.54) is 16.8 Å². The molecule has 16 heteroatoms. The van der Waals surface area contributed by atoms with Crippen molar-refractivity contribution >= 4 is 29.1 Å². The topological polar surface area (TPSA) is 131 Å². The number of amides is 1. The quantitative estimate of drug-likeness (QED) is 0.347. The molecule has 1 saturated carbocycles. The number of hydrogen-bond acceptors (Lipinski definition) is 7. The summed E-state index contributed by atoms with van der Waals surface area (Å²) in [5, 5.41) is 27.6. The summed E-state index contributed by atoms with van der Waals surface area (Å²) in [5.74, 6) is -2.65. The Kier molecular flexibility index (Phi) is 12.2. The lowest BCUT2D eigenvalue weighted by Crippen LogP contribution is -2.54. The van der Waals surface area contributed by atoms with Gasteiger partial charge >= 0.3 is 24.4 Å². The summed E-state index contributed by atoms with van der Waals surface area (Å²) < 4.78 is 88.0. The van der Waals surface area contributed by atoms with Gasteiger partial charge in [-0.2, -0.15) is 35.5 Å². The van der Waals surface area contributed by atoms with E-state index in [4.69, 9.17) is 20.0 Å². The van der Waals surface area contributed by atoms with Crippen LogP contribution in [0.25, 0.3) is 11.3 Å². The van der Waals surface area contributed by atoms with Crippen molar-refractivity contribution in [2.75, 3.05) is 6.54 Å². The van der Waals surface area contributed by atoms with Gasteiger partial charge in [0.2, 0.25) is 0 Å². The molecule has 1 amide bonds. The van der Waals surface area contributed by atoms with Gasteiger partial charge in [0.05, 0.1) is 22.7 Å². The normalized spacial score (nSPS) is 21.6. The number of benzene rings is 1. The molecule has 1 fully saturated rings. The molecular formula is C25H31ClF5N3O6S. The van der Waals surface area contributed by atoms with Gasteiger partial charge in [-0.15, -0.1) is 0 Å². The van der Waals surface area contributed by atoms with E-state index in [1.54, 1.807) is 6.92 Å². The van der Waals surface area contributed by atoms with Crippen molar-refractivity contribution < 1.29 is 50.1 Å². The molecule has 0 radical (unpaired) electrons. The standard InChI is InChI=1S/C25H31ClF5N3O4.O2S/c1-4-34-21(16-6-5-15(10-14(3)25(29,30)31)11-17(16)38-23(27)28)19(26)20(33-34)22(36)32-12-24(37)8-7-13(2)9-18(24)35;1-3-2/h5-6,11,13-14,18,23,35,37H,4,7-10,12H2,1-3H3,(H,32,36);/t13-,14+,18-,24-;/m1./s1. The number of nitrogens with one attached hydrogen (secondary N) is 1. The van der Waals surface area contributed by atoms with Crippen molar-refractivity contribution in [1.29, 1.82) is 0 Å². The molecule has 0 aliphatic heterocycles. The average molecular weight is 632 g/mol. The van der Waals surface area contributed by atoms with Crippen molar-refractivity contribution in [3.63, 3.8) is 0 Å². The van der Waals surface area contributed by atoms with Crippen LogP contribution in [0.1, 0.15) is 56.1 Å². The second-order valence-electron chi connectivity index (χ2n) is 9.93. The van der Waals surface area contributed by atoms with E-state index >= 15 is 0 Å². The summed E-state index contributed by atoms with van der Waals surface area (Å²) in [6, 6.07) is 3.74. The van der Waals surface area contributed by atoms with Crippen LogP contribution in [0.5, 0.6) is 5.75 Å². The molecule has 1 aliphatic rings. The summed E-state index contributed by atoms with van der Waals surface area (Å²) in [6.07, 6.45) is -4.61. The Balaban J connectivity index is 0.00000187. The molecule has 0 bridgehead atoms. The van der Waals surface area contributed by atoms with E-state index in [2.05, 4.69) is 15.2 Å². The zero-order valence-corrected chi connectivity index (χ0v) is 24.0. The Bertz CT molecular complexity index is 1240. The Morgan fingerprint density at radius 3 is 2.51 bits per heavy atom. The highest BCUT2D eigenvalue weighted by molar-refractivity contribution is 7.51. The number of aliphatic hydroxyl groups is 2. The molecule has 1 aliphatic carbocycles. The molecule has 41 heavy (non-hydrogen) atoms. The lowest BCUT2D eigenvalue weighted by atomic mass is 9.77. The van der Waals surface area contributed by atoms with Gasteiger partial charge in [0.1, 0.15) is 11.4 Å². The van der Waals surface area contributed by atoms with Gasteiger partial charge in [0, 0.05) is 18.7 Å². The number of halogens is 6. The molecule has 0 unspecified atom stereocenters. The Hall–Kier alpha value is -2.62. The van der Waals surface area contributed by atoms with Crippen LogP contribution in [-0.2, 0) is 24.5 Å². The molecule has 1 aromatic heterocycles. The Morgan fingerprint density at radius 1 is 1.34 bits per heavy atom. The molecule has 3 N–H and O–H groups in total. The summed E-state index contributed by atoms with van der Waals surface area (Å²) >= 11 is 5.74. The third-order valence-electron chi connectivity index (χ3n) is 6.90. The Labute approximate surface area is 241 Å². The van der Waals surface area contributed by atoms with Crippen LogP contribution in [-0.4, -0.2) is 65.4 Å². The van der Waals surface area contributed by atoms with Crippen molar-refractivity contribution in [3.05, 3.63) is 34.5 Å². The molecule has 1 aromatic carbocycles. The zero-order chi connectivity index (χ0) is 31.1. The molecule has 0 spiro atoms. The second kappa shape index (κ2) is 14.5. The minimum Gasteiger partial charge on any atom is -0.434 e. The number of nitrogens with zero attached hydrogens (tertiary/aromatic N) is 2. The molecular weight excluding hydrogens is 601 g/mol. The molecule has 2 aromatic rings. The molecule has 9 nitrogen and oxygen atoms in total. The first-order valence-corrected chi connectivity index (χ1v) is 13.6. The average Bonchev–Trinajstić information content (AvgIpc) is 3.21. The highest BCUT2D eigenvalue weighted by Gasteiger charge is 2.41. The predicted octanol–water partition coefficient (Wildman–Crippen LogP) is 4.54. The fourth-order valence-corrected chi connectivity index (χ4v) is 4.85. The van der Waals surface area contributed by atoms with E-state index in [-0.39, 0.29) is 53.0 Å².